The number of hydrogen-bond donors (Lipinski definition) is 0. The molecule has 178 valence electrons. The van der Waals surface area contributed by atoms with E-state index in [1.54, 1.807) is 50.6 Å². The number of imide groups is 1. The molecule has 0 radical (unpaired) electrons. The zero-order valence-electron chi connectivity index (χ0n) is 19.2. The molecule has 1 heterocycles. The Balaban J connectivity index is 1.44. The van der Waals surface area contributed by atoms with E-state index < -0.39 is 0 Å². The normalized spacial score (nSPS) is 13.7. The van der Waals surface area contributed by atoms with Gasteiger partial charge in [-0.15, -0.1) is 0 Å². The second-order valence-electron chi connectivity index (χ2n) is 7.67. The molecule has 8 heteroatoms. The molecule has 1 aliphatic rings. The van der Waals surface area contributed by atoms with Crippen LogP contribution in [0.25, 0.3) is 11.6 Å². The molecule has 3 aromatic rings. The summed E-state index contributed by atoms with van der Waals surface area (Å²) in [5.74, 6) is 2.52. The molecule has 0 N–H and O–H groups in total. The molecule has 4 rings (SSSR count). The van der Waals surface area contributed by atoms with E-state index in [0.717, 1.165) is 34.7 Å². The van der Waals surface area contributed by atoms with Crippen molar-refractivity contribution in [2.75, 3.05) is 20.0 Å². The van der Waals surface area contributed by atoms with Crippen molar-refractivity contribution < 1.29 is 28.6 Å². The fourth-order valence-electron chi connectivity index (χ4n) is 3.51. The van der Waals surface area contributed by atoms with Crippen molar-refractivity contribution in [1.82, 2.24) is 4.90 Å². The van der Waals surface area contributed by atoms with Gasteiger partial charge in [-0.25, -0.2) is 0 Å². The molecule has 0 spiro atoms. The van der Waals surface area contributed by atoms with E-state index in [2.05, 4.69) is 0 Å². The molecule has 0 unspecified atom stereocenters. The van der Waals surface area contributed by atoms with Gasteiger partial charge in [0.05, 0.1) is 26.5 Å². The zero-order chi connectivity index (χ0) is 24.8. The van der Waals surface area contributed by atoms with Gasteiger partial charge in [0.2, 0.25) is 5.91 Å². The Bertz CT molecular complexity index is 1230. The number of rotatable bonds is 9. The third kappa shape index (κ3) is 5.91. The van der Waals surface area contributed by atoms with Crippen LogP contribution in [-0.2, 0) is 16.1 Å². The van der Waals surface area contributed by atoms with Gasteiger partial charge in [0.15, 0.2) is 6.29 Å². The second kappa shape index (κ2) is 10.9. The van der Waals surface area contributed by atoms with Crippen LogP contribution in [0, 0.1) is 0 Å². The van der Waals surface area contributed by atoms with E-state index in [9.17, 15) is 14.4 Å². The van der Waals surface area contributed by atoms with Crippen LogP contribution in [0.5, 0.6) is 23.0 Å². The number of allylic oxidation sites excluding steroid dienone is 1. The summed E-state index contributed by atoms with van der Waals surface area (Å²) in [7, 11) is 3.15. The molecular formula is C27H23NO6S. The number of thioether (sulfide) groups is 1. The maximum absolute atomic E-state index is 11.8. The average molecular weight is 490 g/mol. The minimum absolute atomic E-state index is 0.172. The second-order valence-corrected chi connectivity index (χ2v) is 8.59. The van der Waals surface area contributed by atoms with E-state index in [1.165, 1.54) is 4.90 Å². The number of aldehydes is 1. The van der Waals surface area contributed by atoms with Gasteiger partial charge in [-0.2, -0.15) is 0 Å². The molecule has 7 nitrogen and oxygen atoms in total. The molecule has 1 fully saturated rings. The lowest BCUT2D eigenvalue weighted by molar-refractivity contribution is -0.125. The van der Waals surface area contributed by atoms with Crippen LogP contribution in [0.4, 0.5) is 4.79 Å². The van der Waals surface area contributed by atoms with Crippen molar-refractivity contribution in [2.24, 2.45) is 0 Å². The minimum Gasteiger partial charge on any atom is -0.497 e. The predicted molar refractivity (Wildman–Crippen MR) is 135 cm³/mol. The van der Waals surface area contributed by atoms with E-state index in [1.807, 2.05) is 36.4 Å². The van der Waals surface area contributed by atoms with Gasteiger partial charge in [0.25, 0.3) is 5.24 Å². The highest BCUT2D eigenvalue weighted by atomic mass is 32.2. The number of carbonyl (C=O) groups excluding carboxylic acids is 3. The zero-order valence-corrected chi connectivity index (χ0v) is 20.0. The first-order chi connectivity index (χ1) is 17.0. The molecule has 0 aliphatic carbocycles. The molecule has 1 aliphatic heterocycles. The predicted octanol–water partition coefficient (Wildman–Crippen LogP) is 5.43. The van der Waals surface area contributed by atoms with E-state index >= 15 is 0 Å². The smallest absolute Gasteiger partial charge is 0.289 e. The number of methoxy groups -OCH3 is 2. The largest absolute Gasteiger partial charge is 0.497 e. The number of carbonyl (C=O) groups is 3. The first kappa shape index (κ1) is 24.1. The highest BCUT2D eigenvalue weighted by molar-refractivity contribution is 8.14. The summed E-state index contributed by atoms with van der Waals surface area (Å²) in [6.07, 6.45) is 2.57. The number of amides is 2. The quantitative estimate of drug-likeness (QED) is 0.225. The molecule has 0 saturated carbocycles. The van der Waals surface area contributed by atoms with Gasteiger partial charge in [-0.05, 0) is 59.2 Å². The number of ether oxygens (including phenoxy) is 3. The van der Waals surface area contributed by atoms with E-state index in [-0.39, 0.29) is 23.4 Å². The number of hydrogen-bond acceptors (Lipinski definition) is 7. The SMILES string of the molecule is COc1cc(/C=C(/C=O)c2ccc(Oc3ccc(CN4C(=O)CSC4=O)cc3)cc2)cc(OC)c1. The fraction of sp³-hybridized carbons (Fsp3) is 0.148. The van der Waals surface area contributed by atoms with Crippen molar-refractivity contribution in [3.63, 3.8) is 0 Å². The Labute approximate surface area is 207 Å². The lowest BCUT2D eigenvalue weighted by Gasteiger charge is -2.13. The van der Waals surface area contributed by atoms with Crippen molar-refractivity contribution in [3.05, 3.63) is 83.4 Å². The van der Waals surface area contributed by atoms with Crippen molar-refractivity contribution in [1.29, 1.82) is 0 Å². The highest BCUT2D eigenvalue weighted by Gasteiger charge is 2.29. The van der Waals surface area contributed by atoms with Gasteiger partial charge in [0.1, 0.15) is 23.0 Å². The molecule has 3 aromatic carbocycles. The molecule has 35 heavy (non-hydrogen) atoms. The average Bonchev–Trinajstić information content (AvgIpc) is 3.20. The third-order valence-corrected chi connectivity index (χ3v) is 6.21. The van der Waals surface area contributed by atoms with Gasteiger partial charge in [0, 0.05) is 11.6 Å². The van der Waals surface area contributed by atoms with Crippen LogP contribution in [0.3, 0.4) is 0 Å². The first-order valence-corrected chi connectivity index (χ1v) is 11.7. The summed E-state index contributed by atoms with van der Waals surface area (Å²) in [6.45, 7) is 0.250. The molecule has 0 aromatic heterocycles. The van der Waals surface area contributed by atoms with Crippen LogP contribution in [0.15, 0.2) is 66.7 Å². The molecule has 0 bridgehead atoms. The van der Waals surface area contributed by atoms with Crippen LogP contribution < -0.4 is 14.2 Å². The van der Waals surface area contributed by atoms with Crippen molar-refractivity contribution in [3.8, 4) is 23.0 Å². The topological polar surface area (TPSA) is 82.1 Å². The summed E-state index contributed by atoms with van der Waals surface area (Å²) >= 11 is 1.02. The molecular weight excluding hydrogens is 466 g/mol. The maximum atomic E-state index is 11.8. The van der Waals surface area contributed by atoms with Crippen LogP contribution in [-0.4, -0.2) is 42.3 Å². The summed E-state index contributed by atoms with van der Waals surface area (Å²) in [5, 5.41) is -0.218. The Morgan fingerprint density at radius 2 is 1.49 bits per heavy atom. The highest BCUT2D eigenvalue weighted by Crippen LogP contribution is 2.28. The summed E-state index contributed by atoms with van der Waals surface area (Å²) < 4.78 is 16.5. The summed E-state index contributed by atoms with van der Waals surface area (Å²) in [5.41, 5.74) is 2.86. The number of nitrogens with zero attached hydrogens (tertiary/aromatic N) is 1. The minimum atomic E-state index is -0.218. The molecule has 1 saturated heterocycles. The number of benzene rings is 3. The molecule has 0 atom stereocenters. The Morgan fingerprint density at radius 3 is 2.00 bits per heavy atom. The lowest BCUT2D eigenvalue weighted by atomic mass is 10.0. The lowest BCUT2D eigenvalue weighted by Crippen LogP contribution is -2.27. The molecule has 2 amide bonds. The van der Waals surface area contributed by atoms with E-state index in [4.69, 9.17) is 14.2 Å². The van der Waals surface area contributed by atoms with E-state index in [0.29, 0.717) is 28.6 Å². The Morgan fingerprint density at radius 1 is 0.886 bits per heavy atom. The van der Waals surface area contributed by atoms with Gasteiger partial charge in [-0.3, -0.25) is 19.3 Å². The van der Waals surface area contributed by atoms with Crippen molar-refractivity contribution >= 4 is 40.8 Å². The van der Waals surface area contributed by atoms with Gasteiger partial charge >= 0.3 is 0 Å². The fourth-order valence-corrected chi connectivity index (χ4v) is 4.23. The summed E-state index contributed by atoms with van der Waals surface area (Å²) in [6, 6.07) is 19.8. The van der Waals surface area contributed by atoms with Crippen molar-refractivity contribution in [2.45, 2.75) is 6.54 Å². The Hall–Kier alpha value is -4.04. The van der Waals surface area contributed by atoms with Crippen LogP contribution in [0.1, 0.15) is 16.7 Å². The standard InChI is InChI=1S/C27H23NO6S/c1-32-24-12-19(13-25(14-24)33-2)11-21(16-29)20-5-9-23(10-6-20)34-22-7-3-18(4-8-22)15-28-26(30)17-35-27(28)31/h3-14,16H,15,17H2,1-2H3/b21-11-. The van der Waals surface area contributed by atoms with Crippen LogP contribution in [0.2, 0.25) is 0 Å². The van der Waals surface area contributed by atoms with Gasteiger partial charge in [-0.1, -0.05) is 36.0 Å². The third-order valence-electron chi connectivity index (χ3n) is 5.35. The first-order valence-electron chi connectivity index (χ1n) is 10.7. The Kier molecular flexibility index (Phi) is 7.52. The van der Waals surface area contributed by atoms with Crippen LogP contribution >= 0.6 is 11.8 Å². The van der Waals surface area contributed by atoms with Gasteiger partial charge < -0.3 is 14.2 Å². The summed E-state index contributed by atoms with van der Waals surface area (Å²) in [4.78, 5) is 36.6. The monoisotopic (exact) mass is 489 g/mol. The maximum Gasteiger partial charge on any atom is 0.289 e.